The highest BCUT2D eigenvalue weighted by atomic mass is 19.4. The van der Waals surface area contributed by atoms with E-state index in [9.17, 15) is 31.5 Å². The molecule has 0 aliphatic carbocycles. The van der Waals surface area contributed by atoms with Gasteiger partial charge in [-0.1, -0.05) is 6.07 Å². The van der Waals surface area contributed by atoms with Crippen molar-refractivity contribution in [2.45, 2.75) is 37.1 Å². The lowest BCUT2D eigenvalue weighted by molar-refractivity contribution is -0.261. The fourth-order valence-electron chi connectivity index (χ4n) is 3.86. The van der Waals surface area contributed by atoms with E-state index >= 15 is 0 Å². The number of aromatic nitrogens is 1. The van der Waals surface area contributed by atoms with Gasteiger partial charge in [0.2, 0.25) is 5.82 Å². The Labute approximate surface area is 208 Å². The number of alkyl halides is 3. The summed E-state index contributed by atoms with van der Waals surface area (Å²) >= 11 is 0. The van der Waals surface area contributed by atoms with Crippen LogP contribution < -0.4 is 21.5 Å². The lowest BCUT2D eigenvalue weighted by atomic mass is 9.85. The number of hydrogen-bond acceptors (Lipinski definition) is 7. The van der Waals surface area contributed by atoms with E-state index in [4.69, 9.17) is 25.7 Å². The van der Waals surface area contributed by atoms with Gasteiger partial charge in [0.1, 0.15) is 18.4 Å². The fraction of sp³-hybridized carbons (Fsp3) is 0.435. The number of benzene rings is 1. The van der Waals surface area contributed by atoms with Gasteiger partial charge in [0.15, 0.2) is 17.2 Å². The number of ether oxygens (including phenoxy) is 3. The SMILES string of the molecule is C[C@]1(C(F)(F)F)C[C@@H](c2ccc(F)c(F)c2OCCOCCN)[C@H](C(=O)Nc2ccnc(C(N)=O)c2)O1. The van der Waals surface area contributed by atoms with Crippen molar-refractivity contribution in [3.05, 3.63) is 53.4 Å². The Bertz CT molecular complexity index is 1150. The zero-order valence-electron chi connectivity index (χ0n) is 19.6. The van der Waals surface area contributed by atoms with Gasteiger partial charge in [-0.2, -0.15) is 17.6 Å². The predicted octanol–water partition coefficient (Wildman–Crippen LogP) is 2.64. The van der Waals surface area contributed by atoms with Crippen molar-refractivity contribution in [2.75, 3.05) is 31.7 Å². The third-order valence-electron chi connectivity index (χ3n) is 5.72. The Kier molecular flexibility index (Phi) is 8.66. The highest BCUT2D eigenvalue weighted by molar-refractivity contribution is 5.97. The molecule has 2 heterocycles. The second-order valence-electron chi connectivity index (χ2n) is 8.39. The molecular formula is C23H25F5N4O5. The largest absolute Gasteiger partial charge is 0.488 e. The van der Waals surface area contributed by atoms with Crippen molar-refractivity contribution in [3.63, 3.8) is 0 Å². The Balaban J connectivity index is 1.96. The molecule has 1 fully saturated rings. The third-order valence-corrected chi connectivity index (χ3v) is 5.72. The summed E-state index contributed by atoms with van der Waals surface area (Å²) in [6.45, 7) is 0.830. The second-order valence-corrected chi connectivity index (χ2v) is 8.39. The molecular weight excluding hydrogens is 507 g/mol. The van der Waals surface area contributed by atoms with Crippen LogP contribution in [0.4, 0.5) is 27.6 Å². The fourth-order valence-corrected chi connectivity index (χ4v) is 3.86. The first-order chi connectivity index (χ1) is 17.4. The summed E-state index contributed by atoms with van der Waals surface area (Å²) in [4.78, 5) is 28.2. The number of nitrogens with two attached hydrogens (primary N) is 2. The predicted molar refractivity (Wildman–Crippen MR) is 120 cm³/mol. The summed E-state index contributed by atoms with van der Waals surface area (Å²) < 4.78 is 86.1. The van der Waals surface area contributed by atoms with E-state index in [2.05, 4.69) is 10.3 Å². The Morgan fingerprint density at radius 3 is 2.59 bits per heavy atom. The Morgan fingerprint density at radius 1 is 1.22 bits per heavy atom. The summed E-state index contributed by atoms with van der Waals surface area (Å²) in [6, 6.07) is 4.18. The van der Waals surface area contributed by atoms with Crippen molar-refractivity contribution in [1.29, 1.82) is 0 Å². The van der Waals surface area contributed by atoms with Crippen molar-refractivity contribution in [2.24, 2.45) is 11.5 Å². The number of nitrogens with one attached hydrogen (secondary N) is 1. The molecule has 37 heavy (non-hydrogen) atoms. The number of amides is 2. The molecule has 3 rings (SSSR count). The molecule has 0 radical (unpaired) electrons. The van der Waals surface area contributed by atoms with Crippen molar-refractivity contribution in [1.82, 2.24) is 4.98 Å². The molecule has 14 heteroatoms. The van der Waals surface area contributed by atoms with Crippen molar-refractivity contribution in [3.8, 4) is 5.75 Å². The summed E-state index contributed by atoms with van der Waals surface area (Å²) in [5, 5.41) is 2.36. The van der Waals surface area contributed by atoms with Gasteiger partial charge in [0.05, 0.1) is 13.2 Å². The average Bonchev–Trinajstić information content (AvgIpc) is 3.20. The van der Waals surface area contributed by atoms with E-state index in [1.165, 1.54) is 6.07 Å². The molecule has 1 aliphatic heterocycles. The summed E-state index contributed by atoms with van der Waals surface area (Å²) in [5.41, 5.74) is 7.30. The normalized spacial score (nSPS) is 21.6. The molecule has 1 aliphatic rings. The van der Waals surface area contributed by atoms with Crippen LogP contribution >= 0.6 is 0 Å². The molecule has 0 unspecified atom stereocenters. The number of primary amides is 1. The van der Waals surface area contributed by atoms with Gasteiger partial charge < -0.3 is 31.0 Å². The number of nitrogens with zero attached hydrogens (tertiary/aromatic N) is 1. The molecule has 3 atom stereocenters. The second kappa shape index (κ2) is 11.4. The molecule has 0 saturated carbocycles. The van der Waals surface area contributed by atoms with Crippen LogP contribution in [0.2, 0.25) is 0 Å². The van der Waals surface area contributed by atoms with Gasteiger partial charge in [-0.3, -0.25) is 14.6 Å². The van der Waals surface area contributed by atoms with Gasteiger partial charge in [-0.05, 0) is 31.5 Å². The molecule has 9 nitrogen and oxygen atoms in total. The minimum Gasteiger partial charge on any atom is -0.488 e. The Hall–Kier alpha value is -3.36. The van der Waals surface area contributed by atoms with Crippen LogP contribution in [-0.4, -0.2) is 61.0 Å². The minimum atomic E-state index is -4.90. The van der Waals surface area contributed by atoms with Crippen LogP contribution in [0, 0.1) is 11.6 Å². The van der Waals surface area contributed by atoms with Crippen LogP contribution in [0.1, 0.15) is 35.3 Å². The Morgan fingerprint density at radius 2 is 1.95 bits per heavy atom. The standard InChI is InChI=1S/C23H25F5N4O5/c1-22(23(26,27)28)11-14(13-2-3-15(24)17(25)18(13)36-9-8-35-7-5-29)19(37-22)21(34)32-12-4-6-31-16(10-12)20(30)33/h2-4,6,10,14,19H,5,7-9,11,29H2,1H3,(H2,30,33)(H,31,32,34)/t14-,19+,22+/m0/s1. The zero-order valence-corrected chi connectivity index (χ0v) is 19.6. The molecule has 2 aromatic rings. The van der Waals surface area contributed by atoms with Crippen LogP contribution in [-0.2, 0) is 14.3 Å². The lowest BCUT2D eigenvalue weighted by Crippen LogP contribution is -2.43. The number of carbonyl (C=O) groups is 2. The molecule has 1 aromatic heterocycles. The van der Waals surface area contributed by atoms with Gasteiger partial charge in [-0.15, -0.1) is 0 Å². The van der Waals surface area contributed by atoms with Gasteiger partial charge >= 0.3 is 6.18 Å². The van der Waals surface area contributed by atoms with Crippen molar-refractivity contribution >= 4 is 17.5 Å². The topological polar surface area (TPSA) is 139 Å². The highest BCUT2D eigenvalue weighted by Crippen LogP contribution is 2.51. The van der Waals surface area contributed by atoms with Gasteiger partial charge in [-0.25, -0.2) is 4.39 Å². The number of pyridine rings is 1. The molecule has 1 aromatic carbocycles. The lowest BCUT2D eigenvalue weighted by Gasteiger charge is -2.27. The number of halogens is 5. The number of rotatable bonds is 10. The van der Waals surface area contributed by atoms with Crippen molar-refractivity contribution < 1.29 is 45.8 Å². The number of hydrogen-bond donors (Lipinski definition) is 3. The van der Waals surface area contributed by atoms with Crippen LogP contribution in [0.3, 0.4) is 0 Å². The maximum Gasteiger partial charge on any atom is 0.417 e. The molecule has 1 saturated heterocycles. The van der Waals surface area contributed by atoms with Crippen LogP contribution in [0.5, 0.6) is 5.75 Å². The molecule has 2 amide bonds. The first-order valence-electron chi connectivity index (χ1n) is 11.1. The van der Waals surface area contributed by atoms with Crippen LogP contribution in [0.25, 0.3) is 0 Å². The van der Waals surface area contributed by atoms with E-state index in [0.29, 0.717) is 0 Å². The zero-order chi connectivity index (χ0) is 27.4. The van der Waals surface area contributed by atoms with E-state index < -0.39 is 59.4 Å². The molecule has 5 N–H and O–H groups in total. The number of anilines is 1. The summed E-state index contributed by atoms with van der Waals surface area (Å²) in [5.74, 6) is -6.70. The summed E-state index contributed by atoms with van der Waals surface area (Å²) in [7, 11) is 0. The summed E-state index contributed by atoms with van der Waals surface area (Å²) in [6.07, 6.45) is -6.32. The third kappa shape index (κ3) is 6.32. The number of carbonyl (C=O) groups excluding carboxylic acids is 2. The highest BCUT2D eigenvalue weighted by Gasteiger charge is 2.61. The first-order valence-corrected chi connectivity index (χ1v) is 11.1. The minimum absolute atomic E-state index is 0.00979. The first kappa shape index (κ1) is 28.2. The average molecular weight is 532 g/mol. The van der Waals surface area contributed by atoms with E-state index in [1.54, 1.807) is 0 Å². The monoisotopic (exact) mass is 532 g/mol. The van der Waals surface area contributed by atoms with Crippen LogP contribution in [0.15, 0.2) is 30.5 Å². The van der Waals surface area contributed by atoms with E-state index in [1.807, 2.05) is 0 Å². The molecule has 0 bridgehead atoms. The quantitative estimate of drug-likeness (QED) is 0.316. The van der Waals surface area contributed by atoms with E-state index in [-0.39, 0.29) is 43.3 Å². The molecule has 0 spiro atoms. The maximum atomic E-state index is 14.7. The molecule has 202 valence electrons. The van der Waals surface area contributed by atoms with Gasteiger partial charge in [0, 0.05) is 29.9 Å². The maximum absolute atomic E-state index is 14.7. The van der Waals surface area contributed by atoms with E-state index in [0.717, 1.165) is 31.3 Å². The smallest absolute Gasteiger partial charge is 0.417 e. The van der Waals surface area contributed by atoms with Gasteiger partial charge in [0.25, 0.3) is 11.8 Å².